The minimum atomic E-state index is -0.342. The lowest BCUT2D eigenvalue weighted by Crippen LogP contribution is -2.01. The van der Waals surface area contributed by atoms with Gasteiger partial charge in [-0.05, 0) is 55.3 Å². The second kappa shape index (κ2) is 5.97. The normalized spacial score (nSPS) is 10.2. The maximum atomic E-state index is 11.4. The van der Waals surface area contributed by atoms with E-state index in [0.29, 0.717) is 5.56 Å². The van der Waals surface area contributed by atoms with E-state index in [1.807, 2.05) is 38.1 Å². The average Bonchev–Trinajstić information content (AvgIpc) is 2.48. The smallest absolute Gasteiger partial charge is 0.337 e. The van der Waals surface area contributed by atoms with Crippen LogP contribution in [-0.4, -0.2) is 13.1 Å². The molecule has 4 heteroatoms. The number of carbonyl (C=O) groups is 1. The lowest BCUT2D eigenvalue weighted by atomic mass is 10.1. The standard InChI is InChI=1S/C16H16ClNO2/c1-10-4-9-14(11(2)15(10)17)18-13-7-5-12(6-8-13)16(19)20-3/h4-9,18H,1-3H3. The van der Waals surface area contributed by atoms with E-state index in [9.17, 15) is 4.79 Å². The van der Waals surface area contributed by atoms with Gasteiger partial charge in [-0.25, -0.2) is 4.79 Å². The number of ether oxygens (including phenoxy) is 1. The van der Waals surface area contributed by atoms with E-state index in [1.54, 1.807) is 12.1 Å². The van der Waals surface area contributed by atoms with Crippen molar-refractivity contribution < 1.29 is 9.53 Å². The molecule has 0 unspecified atom stereocenters. The summed E-state index contributed by atoms with van der Waals surface area (Å²) in [5, 5.41) is 4.05. The van der Waals surface area contributed by atoms with Crippen LogP contribution in [-0.2, 0) is 4.74 Å². The highest BCUT2D eigenvalue weighted by atomic mass is 35.5. The minimum absolute atomic E-state index is 0.342. The Labute approximate surface area is 123 Å². The van der Waals surface area contributed by atoms with Gasteiger partial charge >= 0.3 is 5.97 Å². The number of methoxy groups -OCH3 is 1. The first-order valence-corrected chi connectivity index (χ1v) is 6.62. The van der Waals surface area contributed by atoms with Gasteiger partial charge in [0.05, 0.1) is 12.7 Å². The van der Waals surface area contributed by atoms with Gasteiger partial charge in [0.15, 0.2) is 0 Å². The van der Waals surface area contributed by atoms with Crippen LogP contribution in [0.3, 0.4) is 0 Å². The van der Waals surface area contributed by atoms with Gasteiger partial charge in [0.2, 0.25) is 0 Å². The Hall–Kier alpha value is -2.00. The topological polar surface area (TPSA) is 38.3 Å². The van der Waals surface area contributed by atoms with Gasteiger partial charge in [0.1, 0.15) is 0 Å². The molecular formula is C16H16ClNO2. The minimum Gasteiger partial charge on any atom is -0.465 e. The average molecular weight is 290 g/mol. The van der Waals surface area contributed by atoms with Crippen LogP contribution in [0.5, 0.6) is 0 Å². The first kappa shape index (κ1) is 14.4. The van der Waals surface area contributed by atoms with Crippen molar-refractivity contribution in [3.63, 3.8) is 0 Å². The number of carbonyl (C=O) groups excluding carboxylic acids is 1. The van der Waals surface area contributed by atoms with Crippen molar-refractivity contribution in [2.75, 3.05) is 12.4 Å². The predicted octanol–water partition coefficient (Wildman–Crippen LogP) is 4.49. The van der Waals surface area contributed by atoms with E-state index < -0.39 is 0 Å². The van der Waals surface area contributed by atoms with E-state index in [1.165, 1.54) is 7.11 Å². The van der Waals surface area contributed by atoms with Gasteiger partial charge in [-0.15, -0.1) is 0 Å². The van der Waals surface area contributed by atoms with Crippen molar-refractivity contribution in [3.8, 4) is 0 Å². The largest absolute Gasteiger partial charge is 0.465 e. The van der Waals surface area contributed by atoms with Crippen molar-refractivity contribution in [2.45, 2.75) is 13.8 Å². The lowest BCUT2D eigenvalue weighted by molar-refractivity contribution is 0.0601. The first-order chi connectivity index (χ1) is 9.52. The number of nitrogens with one attached hydrogen (secondary N) is 1. The Morgan fingerprint density at radius 3 is 2.35 bits per heavy atom. The Bertz CT molecular complexity index is 636. The third-order valence-corrected chi connectivity index (χ3v) is 3.75. The van der Waals surface area contributed by atoms with Crippen molar-refractivity contribution >= 4 is 28.9 Å². The summed E-state index contributed by atoms with van der Waals surface area (Å²) in [6.45, 7) is 3.95. The number of anilines is 2. The predicted molar refractivity (Wildman–Crippen MR) is 82.0 cm³/mol. The summed E-state index contributed by atoms with van der Waals surface area (Å²) in [5.74, 6) is -0.342. The van der Waals surface area contributed by atoms with E-state index in [4.69, 9.17) is 11.6 Å². The van der Waals surface area contributed by atoms with Gasteiger partial charge in [-0.2, -0.15) is 0 Å². The van der Waals surface area contributed by atoms with Gasteiger partial charge < -0.3 is 10.1 Å². The molecule has 0 aliphatic carbocycles. The summed E-state index contributed by atoms with van der Waals surface area (Å²) in [6.07, 6.45) is 0. The molecule has 2 rings (SSSR count). The number of hydrogen-bond donors (Lipinski definition) is 1. The molecule has 0 radical (unpaired) electrons. The molecule has 104 valence electrons. The van der Waals surface area contributed by atoms with Crippen molar-refractivity contribution in [1.29, 1.82) is 0 Å². The lowest BCUT2D eigenvalue weighted by Gasteiger charge is -2.12. The van der Waals surface area contributed by atoms with Gasteiger partial charge in [0, 0.05) is 16.4 Å². The van der Waals surface area contributed by atoms with Crippen LogP contribution in [0.15, 0.2) is 36.4 Å². The molecule has 0 fully saturated rings. The number of esters is 1. The fourth-order valence-corrected chi connectivity index (χ4v) is 2.08. The zero-order valence-electron chi connectivity index (χ0n) is 11.7. The molecular weight excluding hydrogens is 274 g/mol. The third-order valence-electron chi connectivity index (χ3n) is 3.16. The van der Waals surface area contributed by atoms with Crippen LogP contribution in [0.1, 0.15) is 21.5 Å². The Morgan fingerprint density at radius 2 is 1.75 bits per heavy atom. The molecule has 0 aliphatic heterocycles. The monoisotopic (exact) mass is 289 g/mol. The molecule has 0 amide bonds. The molecule has 0 aromatic heterocycles. The molecule has 0 bridgehead atoms. The molecule has 0 saturated heterocycles. The number of aryl methyl sites for hydroxylation is 1. The highest BCUT2D eigenvalue weighted by Crippen LogP contribution is 2.29. The Morgan fingerprint density at radius 1 is 1.10 bits per heavy atom. The van der Waals surface area contributed by atoms with Crippen LogP contribution in [0.2, 0.25) is 5.02 Å². The van der Waals surface area contributed by atoms with Crippen LogP contribution in [0.25, 0.3) is 0 Å². The maximum absolute atomic E-state index is 11.4. The Balaban J connectivity index is 2.23. The summed E-state index contributed by atoms with van der Waals surface area (Å²) in [6, 6.07) is 11.1. The van der Waals surface area contributed by atoms with Crippen LogP contribution < -0.4 is 5.32 Å². The summed E-state index contributed by atoms with van der Waals surface area (Å²) in [7, 11) is 1.37. The molecule has 20 heavy (non-hydrogen) atoms. The molecule has 0 atom stereocenters. The number of rotatable bonds is 3. The highest BCUT2D eigenvalue weighted by molar-refractivity contribution is 6.32. The van der Waals surface area contributed by atoms with Crippen LogP contribution >= 0.6 is 11.6 Å². The summed E-state index contributed by atoms with van der Waals surface area (Å²) >= 11 is 6.23. The fraction of sp³-hybridized carbons (Fsp3) is 0.188. The van der Waals surface area contributed by atoms with Crippen molar-refractivity contribution in [3.05, 3.63) is 58.1 Å². The van der Waals surface area contributed by atoms with Crippen molar-refractivity contribution in [1.82, 2.24) is 0 Å². The summed E-state index contributed by atoms with van der Waals surface area (Å²) in [5.41, 5.74) is 4.42. The van der Waals surface area contributed by atoms with Gasteiger partial charge in [0.25, 0.3) is 0 Å². The first-order valence-electron chi connectivity index (χ1n) is 6.24. The van der Waals surface area contributed by atoms with Gasteiger partial charge in [-0.1, -0.05) is 17.7 Å². The second-order valence-electron chi connectivity index (χ2n) is 4.56. The van der Waals surface area contributed by atoms with Crippen molar-refractivity contribution in [2.24, 2.45) is 0 Å². The Kier molecular flexibility index (Phi) is 4.30. The third kappa shape index (κ3) is 2.94. The molecule has 0 heterocycles. The second-order valence-corrected chi connectivity index (χ2v) is 4.94. The number of halogens is 1. The number of benzene rings is 2. The zero-order valence-corrected chi connectivity index (χ0v) is 12.4. The maximum Gasteiger partial charge on any atom is 0.337 e. The highest BCUT2D eigenvalue weighted by Gasteiger charge is 2.07. The molecule has 2 aromatic rings. The van der Waals surface area contributed by atoms with E-state index >= 15 is 0 Å². The SMILES string of the molecule is COC(=O)c1ccc(Nc2ccc(C)c(Cl)c2C)cc1. The van der Waals surface area contributed by atoms with E-state index in [0.717, 1.165) is 27.5 Å². The van der Waals surface area contributed by atoms with Crippen LogP contribution in [0.4, 0.5) is 11.4 Å². The van der Waals surface area contributed by atoms with Crippen LogP contribution in [0, 0.1) is 13.8 Å². The summed E-state index contributed by atoms with van der Waals surface area (Å²) in [4.78, 5) is 11.4. The molecule has 3 nitrogen and oxygen atoms in total. The molecule has 0 saturated carbocycles. The fourth-order valence-electron chi connectivity index (χ4n) is 1.92. The number of hydrogen-bond acceptors (Lipinski definition) is 3. The molecule has 0 spiro atoms. The molecule has 0 aliphatic rings. The quantitative estimate of drug-likeness (QED) is 0.846. The molecule has 2 aromatic carbocycles. The summed E-state index contributed by atoms with van der Waals surface area (Å²) < 4.78 is 4.67. The molecule has 1 N–H and O–H groups in total. The van der Waals surface area contributed by atoms with E-state index in [2.05, 4.69) is 10.1 Å². The zero-order chi connectivity index (χ0) is 14.7. The van der Waals surface area contributed by atoms with E-state index in [-0.39, 0.29) is 5.97 Å². The van der Waals surface area contributed by atoms with Gasteiger partial charge in [-0.3, -0.25) is 0 Å².